The first-order valence-corrected chi connectivity index (χ1v) is 6.50. The average Bonchev–Trinajstić information content (AvgIpc) is 2.71. The van der Waals surface area contributed by atoms with Crippen LogP contribution in [0.5, 0.6) is 0 Å². The van der Waals surface area contributed by atoms with E-state index in [1.165, 1.54) is 0 Å². The van der Waals surface area contributed by atoms with Crippen molar-refractivity contribution in [1.29, 1.82) is 0 Å². The van der Waals surface area contributed by atoms with Gasteiger partial charge in [-0.3, -0.25) is 4.79 Å². The van der Waals surface area contributed by atoms with Gasteiger partial charge < -0.3 is 26.6 Å². The lowest BCUT2D eigenvalue weighted by Gasteiger charge is -2.31. The van der Waals surface area contributed by atoms with Crippen LogP contribution >= 0.6 is 0 Å². The molecule has 7 heteroatoms. The van der Waals surface area contributed by atoms with Crippen LogP contribution in [0.2, 0.25) is 6.32 Å². The third kappa shape index (κ3) is 3.95. The van der Waals surface area contributed by atoms with Crippen LogP contribution in [0.1, 0.15) is 38.5 Å². The zero-order valence-electron chi connectivity index (χ0n) is 10.6. The van der Waals surface area contributed by atoms with E-state index in [-0.39, 0.29) is 18.3 Å². The zero-order valence-corrected chi connectivity index (χ0v) is 10.6. The van der Waals surface area contributed by atoms with E-state index in [1.807, 2.05) is 0 Å². The Morgan fingerprint density at radius 1 is 1.33 bits per heavy atom. The van der Waals surface area contributed by atoms with Crippen molar-refractivity contribution in [2.45, 2.75) is 56.4 Å². The Labute approximate surface area is 107 Å². The minimum atomic E-state index is -1.33. The molecule has 3 atom stereocenters. The fourth-order valence-corrected chi connectivity index (χ4v) is 2.71. The molecule has 1 aliphatic rings. The number of unbranched alkanes of at least 4 members (excludes halogenated alkanes) is 1. The third-order valence-electron chi connectivity index (χ3n) is 3.90. The van der Waals surface area contributed by atoms with Gasteiger partial charge in [0.15, 0.2) is 0 Å². The summed E-state index contributed by atoms with van der Waals surface area (Å²) in [7, 11) is -1.33. The molecule has 1 rings (SSSR count). The summed E-state index contributed by atoms with van der Waals surface area (Å²) in [4.78, 5) is 11.4. The van der Waals surface area contributed by atoms with E-state index in [0.29, 0.717) is 25.7 Å². The highest BCUT2D eigenvalue weighted by atomic mass is 16.4. The second kappa shape index (κ2) is 6.52. The highest BCUT2D eigenvalue weighted by Crippen LogP contribution is 2.35. The Morgan fingerprint density at radius 3 is 2.44 bits per heavy atom. The SMILES string of the molecule is NC1CCC(C(N)(CCCCB(O)O)C(=O)O)C1. The summed E-state index contributed by atoms with van der Waals surface area (Å²) in [6.07, 6.45) is 3.98. The van der Waals surface area contributed by atoms with Gasteiger partial charge in [0.2, 0.25) is 0 Å². The van der Waals surface area contributed by atoms with Crippen LogP contribution in [0.25, 0.3) is 0 Å². The maximum Gasteiger partial charge on any atom is 0.451 e. The summed E-state index contributed by atoms with van der Waals surface area (Å²) < 4.78 is 0. The van der Waals surface area contributed by atoms with Gasteiger partial charge in [-0.1, -0.05) is 12.8 Å². The molecule has 0 amide bonds. The maximum atomic E-state index is 11.4. The molecule has 0 heterocycles. The number of aliphatic carboxylic acids is 1. The number of nitrogens with two attached hydrogens (primary N) is 2. The molecule has 0 radical (unpaired) electrons. The summed E-state index contributed by atoms with van der Waals surface area (Å²) in [6.45, 7) is 0. The van der Waals surface area contributed by atoms with E-state index in [0.717, 1.165) is 12.8 Å². The molecule has 7 N–H and O–H groups in total. The van der Waals surface area contributed by atoms with Crippen LogP contribution in [-0.2, 0) is 4.79 Å². The van der Waals surface area contributed by atoms with Gasteiger partial charge in [0.05, 0.1) is 0 Å². The minimum absolute atomic E-state index is 0.0524. The van der Waals surface area contributed by atoms with Gasteiger partial charge >= 0.3 is 13.1 Å². The first-order chi connectivity index (χ1) is 8.36. The van der Waals surface area contributed by atoms with Crippen LogP contribution in [0.4, 0.5) is 0 Å². The van der Waals surface area contributed by atoms with Crippen LogP contribution in [-0.4, -0.2) is 39.8 Å². The fraction of sp³-hybridized carbons (Fsp3) is 0.909. The Bertz CT molecular complexity index is 290. The highest BCUT2D eigenvalue weighted by molar-refractivity contribution is 6.40. The Balaban J connectivity index is 2.50. The molecule has 0 aromatic carbocycles. The van der Waals surface area contributed by atoms with E-state index in [2.05, 4.69) is 0 Å². The van der Waals surface area contributed by atoms with E-state index >= 15 is 0 Å². The molecule has 0 bridgehead atoms. The fourth-order valence-electron chi connectivity index (χ4n) is 2.71. The lowest BCUT2D eigenvalue weighted by molar-refractivity contribution is -0.146. The summed E-state index contributed by atoms with van der Waals surface area (Å²) in [6, 6.07) is 0.0524. The first kappa shape index (κ1) is 15.4. The predicted octanol–water partition coefficient (Wildman–Crippen LogP) is -0.461. The Kier molecular flexibility index (Phi) is 5.59. The van der Waals surface area contributed by atoms with Gasteiger partial charge in [-0.25, -0.2) is 0 Å². The molecule has 1 saturated carbocycles. The van der Waals surface area contributed by atoms with Gasteiger partial charge in [0, 0.05) is 6.04 Å². The largest absolute Gasteiger partial charge is 0.480 e. The summed E-state index contributed by atoms with van der Waals surface area (Å²) in [5, 5.41) is 26.8. The van der Waals surface area contributed by atoms with Gasteiger partial charge in [-0.15, -0.1) is 0 Å². The van der Waals surface area contributed by atoms with Crippen LogP contribution < -0.4 is 11.5 Å². The molecule has 0 spiro atoms. The van der Waals surface area contributed by atoms with Crippen molar-refractivity contribution in [3.8, 4) is 0 Å². The van der Waals surface area contributed by atoms with Gasteiger partial charge in [0.1, 0.15) is 5.54 Å². The second-order valence-electron chi connectivity index (χ2n) is 5.34. The quantitative estimate of drug-likeness (QED) is 0.310. The van der Waals surface area contributed by atoms with E-state index in [4.69, 9.17) is 21.5 Å². The molecule has 3 unspecified atom stereocenters. The van der Waals surface area contributed by atoms with E-state index < -0.39 is 18.6 Å². The lowest BCUT2D eigenvalue weighted by atomic mass is 9.77. The number of carboxylic acids is 1. The van der Waals surface area contributed by atoms with Crippen molar-refractivity contribution in [3.63, 3.8) is 0 Å². The molecular formula is C11H23BN2O4. The van der Waals surface area contributed by atoms with Crippen molar-refractivity contribution in [1.82, 2.24) is 0 Å². The monoisotopic (exact) mass is 258 g/mol. The molecule has 18 heavy (non-hydrogen) atoms. The second-order valence-corrected chi connectivity index (χ2v) is 5.34. The predicted molar refractivity (Wildman–Crippen MR) is 68.7 cm³/mol. The molecule has 1 aliphatic carbocycles. The topological polar surface area (TPSA) is 130 Å². The van der Waals surface area contributed by atoms with Gasteiger partial charge in [-0.2, -0.15) is 0 Å². The number of carbonyl (C=O) groups is 1. The molecular weight excluding hydrogens is 235 g/mol. The summed E-state index contributed by atoms with van der Waals surface area (Å²) >= 11 is 0. The minimum Gasteiger partial charge on any atom is -0.480 e. The summed E-state index contributed by atoms with van der Waals surface area (Å²) in [5.74, 6) is -1.06. The zero-order chi connectivity index (χ0) is 13.8. The van der Waals surface area contributed by atoms with Crippen molar-refractivity contribution in [3.05, 3.63) is 0 Å². The lowest BCUT2D eigenvalue weighted by Crippen LogP contribution is -2.53. The molecule has 104 valence electrons. The summed E-state index contributed by atoms with van der Waals surface area (Å²) in [5.41, 5.74) is 10.6. The number of carboxylic acid groups (broad SMARTS) is 1. The first-order valence-electron chi connectivity index (χ1n) is 6.50. The number of rotatable bonds is 7. The molecule has 6 nitrogen and oxygen atoms in total. The molecule has 0 aliphatic heterocycles. The van der Waals surface area contributed by atoms with Crippen LogP contribution in [0.15, 0.2) is 0 Å². The molecule has 0 aromatic rings. The molecule has 0 aromatic heterocycles. The average molecular weight is 258 g/mol. The molecule has 0 saturated heterocycles. The van der Waals surface area contributed by atoms with Crippen LogP contribution in [0, 0.1) is 5.92 Å². The smallest absolute Gasteiger partial charge is 0.451 e. The van der Waals surface area contributed by atoms with Crippen molar-refractivity contribution < 1.29 is 19.9 Å². The standard InChI is InChI=1S/C11H23BN2O4/c13-9-4-3-8(7-9)11(14,10(15)16)5-1-2-6-12(17)18/h8-9,17-18H,1-7,13-14H2,(H,15,16). The van der Waals surface area contributed by atoms with Gasteiger partial charge in [0.25, 0.3) is 0 Å². The number of hydrogen-bond acceptors (Lipinski definition) is 5. The van der Waals surface area contributed by atoms with Crippen LogP contribution in [0.3, 0.4) is 0 Å². The molecule has 1 fully saturated rings. The Morgan fingerprint density at radius 2 is 2.00 bits per heavy atom. The van der Waals surface area contributed by atoms with Crippen molar-refractivity contribution >= 4 is 13.1 Å². The third-order valence-corrected chi connectivity index (χ3v) is 3.90. The maximum absolute atomic E-state index is 11.4. The normalized spacial score (nSPS) is 26.9. The highest BCUT2D eigenvalue weighted by Gasteiger charge is 2.44. The van der Waals surface area contributed by atoms with Crippen molar-refractivity contribution in [2.75, 3.05) is 0 Å². The number of hydrogen-bond donors (Lipinski definition) is 5. The Hall–Kier alpha value is -0.625. The van der Waals surface area contributed by atoms with E-state index in [9.17, 15) is 9.90 Å². The van der Waals surface area contributed by atoms with E-state index in [1.54, 1.807) is 0 Å². The van der Waals surface area contributed by atoms with Gasteiger partial charge in [-0.05, 0) is 37.9 Å². The van der Waals surface area contributed by atoms with Crippen molar-refractivity contribution in [2.24, 2.45) is 17.4 Å².